The van der Waals surface area contributed by atoms with Crippen molar-refractivity contribution in [1.29, 1.82) is 0 Å². The van der Waals surface area contributed by atoms with Crippen LogP contribution in [0.15, 0.2) is 59.5 Å². The second-order valence-electron chi connectivity index (χ2n) is 8.15. The Hall–Kier alpha value is -4.47. The Balaban J connectivity index is 1.83. The van der Waals surface area contributed by atoms with E-state index in [0.717, 1.165) is 17.3 Å². The molecule has 0 aliphatic rings. The van der Waals surface area contributed by atoms with Crippen LogP contribution >= 0.6 is 0 Å². The van der Waals surface area contributed by atoms with Crippen LogP contribution in [-0.2, 0) is 4.79 Å². The van der Waals surface area contributed by atoms with Crippen molar-refractivity contribution in [2.24, 2.45) is 5.92 Å². The van der Waals surface area contributed by atoms with Crippen molar-refractivity contribution in [1.82, 2.24) is 15.3 Å². The van der Waals surface area contributed by atoms with Crippen LogP contribution in [0.4, 0.5) is 0 Å². The minimum Gasteiger partial charge on any atom is -0.497 e. The number of rotatable bonds is 11. The van der Waals surface area contributed by atoms with E-state index in [1.54, 1.807) is 38.5 Å². The van der Waals surface area contributed by atoms with Gasteiger partial charge < -0.3 is 24.9 Å². The highest BCUT2D eigenvalue weighted by molar-refractivity contribution is 5.97. The molecule has 3 N–H and O–H groups in total. The Morgan fingerprint density at radius 2 is 1.50 bits per heavy atom. The molecule has 0 saturated carbocycles. The van der Waals surface area contributed by atoms with Gasteiger partial charge in [-0.3, -0.25) is 19.2 Å². The van der Waals surface area contributed by atoms with Crippen LogP contribution in [-0.4, -0.2) is 53.5 Å². The number of amides is 1. The van der Waals surface area contributed by atoms with E-state index >= 15 is 0 Å². The normalized spacial score (nSPS) is 11.6. The summed E-state index contributed by atoms with van der Waals surface area (Å²) in [5.41, 5.74) is 0.761. The van der Waals surface area contributed by atoms with Crippen molar-refractivity contribution in [2.45, 2.75) is 19.3 Å². The standard InChI is InChI=1S/C26H27N3O7/c1-15(26(33)34)13-28-25(32)23-27-14-21(24(31)29-23)22(30)12-20(16-4-8-18(35-2)9-5-16)17-6-10-19(36-3)11-7-17/h4-11,14-15,20H,12-13H2,1-3H3,(H,28,32)(H,33,34)(H,27,29,31). The van der Waals surface area contributed by atoms with Gasteiger partial charge >= 0.3 is 5.97 Å². The second kappa shape index (κ2) is 11.8. The van der Waals surface area contributed by atoms with Gasteiger partial charge in [0.1, 0.15) is 17.1 Å². The Labute approximate surface area is 207 Å². The molecule has 1 atom stereocenters. The van der Waals surface area contributed by atoms with Gasteiger partial charge in [0.15, 0.2) is 11.6 Å². The average Bonchev–Trinajstić information content (AvgIpc) is 2.90. The van der Waals surface area contributed by atoms with Gasteiger partial charge in [-0.1, -0.05) is 31.2 Å². The molecule has 10 nitrogen and oxygen atoms in total. The number of carboxylic acid groups (broad SMARTS) is 1. The first-order valence-corrected chi connectivity index (χ1v) is 11.1. The number of ketones is 1. The lowest BCUT2D eigenvalue weighted by atomic mass is 9.86. The lowest BCUT2D eigenvalue weighted by Gasteiger charge is -2.18. The fraction of sp³-hybridized carbons (Fsp3) is 0.269. The molecule has 0 saturated heterocycles. The van der Waals surface area contributed by atoms with Crippen LogP contribution in [0.3, 0.4) is 0 Å². The molecule has 0 aliphatic heterocycles. The van der Waals surface area contributed by atoms with Crippen molar-refractivity contribution in [3.05, 3.63) is 87.6 Å². The Kier molecular flexibility index (Phi) is 8.56. The number of Topliss-reactive ketones (excluding diaryl/α,β-unsaturated/α-hetero) is 1. The summed E-state index contributed by atoms with van der Waals surface area (Å²) in [5.74, 6) is -2.41. The molecule has 3 aromatic rings. The van der Waals surface area contributed by atoms with Crippen molar-refractivity contribution in [3.63, 3.8) is 0 Å². The molecule has 0 spiro atoms. The quantitative estimate of drug-likeness (QED) is 0.345. The molecule has 188 valence electrons. The maximum Gasteiger partial charge on any atom is 0.308 e. The number of carbonyl (C=O) groups excluding carboxylic acids is 2. The third-order valence-electron chi connectivity index (χ3n) is 5.73. The summed E-state index contributed by atoms with van der Waals surface area (Å²) in [4.78, 5) is 55.1. The van der Waals surface area contributed by atoms with E-state index in [4.69, 9.17) is 14.6 Å². The molecular weight excluding hydrogens is 466 g/mol. The molecule has 0 aliphatic carbocycles. The zero-order valence-corrected chi connectivity index (χ0v) is 20.1. The number of aromatic amines is 1. The summed E-state index contributed by atoms with van der Waals surface area (Å²) in [7, 11) is 3.13. The first-order chi connectivity index (χ1) is 17.2. The first-order valence-electron chi connectivity index (χ1n) is 11.1. The third kappa shape index (κ3) is 6.35. The van der Waals surface area contributed by atoms with Gasteiger partial charge in [0.25, 0.3) is 11.5 Å². The maximum absolute atomic E-state index is 13.2. The number of hydrogen-bond acceptors (Lipinski definition) is 7. The van der Waals surface area contributed by atoms with Crippen LogP contribution < -0.4 is 20.3 Å². The molecule has 10 heteroatoms. The number of methoxy groups -OCH3 is 2. The van der Waals surface area contributed by atoms with Crippen molar-refractivity contribution < 1.29 is 29.0 Å². The SMILES string of the molecule is COc1ccc(C(CC(=O)c2cnc(C(=O)NCC(C)C(=O)O)[nH]c2=O)c2ccc(OC)cc2)cc1. The molecule has 1 unspecified atom stereocenters. The van der Waals surface area contributed by atoms with E-state index in [-0.39, 0.29) is 30.3 Å². The highest BCUT2D eigenvalue weighted by Gasteiger charge is 2.23. The first kappa shape index (κ1) is 26.1. The van der Waals surface area contributed by atoms with E-state index < -0.39 is 29.1 Å². The van der Waals surface area contributed by atoms with Gasteiger partial charge in [0, 0.05) is 25.1 Å². The van der Waals surface area contributed by atoms with Gasteiger partial charge in [-0.25, -0.2) is 4.98 Å². The van der Waals surface area contributed by atoms with Gasteiger partial charge in [0.2, 0.25) is 0 Å². The number of ether oxygens (including phenoxy) is 2. The molecule has 1 aromatic heterocycles. The molecule has 1 amide bonds. The monoisotopic (exact) mass is 493 g/mol. The molecular formula is C26H27N3O7. The summed E-state index contributed by atoms with van der Waals surface area (Å²) in [6.07, 6.45) is 1.04. The predicted octanol–water partition coefficient (Wildman–Crippen LogP) is 2.64. The number of carboxylic acids is 1. The summed E-state index contributed by atoms with van der Waals surface area (Å²) >= 11 is 0. The Bertz CT molecular complexity index is 1240. The summed E-state index contributed by atoms with van der Waals surface area (Å²) in [6, 6.07) is 14.6. The number of nitrogens with zero attached hydrogens (tertiary/aromatic N) is 1. The highest BCUT2D eigenvalue weighted by Crippen LogP contribution is 2.31. The van der Waals surface area contributed by atoms with Gasteiger partial charge in [-0.15, -0.1) is 0 Å². The number of H-pyrrole nitrogens is 1. The van der Waals surface area contributed by atoms with Crippen LogP contribution in [0.2, 0.25) is 0 Å². The maximum atomic E-state index is 13.2. The number of carbonyl (C=O) groups is 3. The molecule has 1 heterocycles. The molecule has 2 aromatic carbocycles. The van der Waals surface area contributed by atoms with Crippen LogP contribution in [0.5, 0.6) is 11.5 Å². The topological polar surface area (TPSA) is 148 Å². The minimum atomic E-state index is -1.07. The van der Waals surface area contributed by atoms with Gasteiger partial charge in [-0.2, -0.15) is 0 Å². The van der Waals surface area contributed by atoms with Crippen LogP contribution in [0.25, 0.3) is 0 Å². The van der Waals surface area contributed by atoms with E-state index in [1.807, 2.05) is 24.3 Å². The molecule has 0 radical (unpaired) electrons. The number of hydrogen-bond donors (Lipinski definition) is 3. The Morgan fingerprint density at radius 1 is 0.972 bits per heavy atom. The second-order valence-corrected chi connectivity index (χ2v) is 8.15. The average molecular weight is 494 g/mol. The summed E-state index contributed by atoms with van der Waals surface area (Å²) in [5, 5.41) is 11.3. The number of nitrogens with one attached hydrogen (secondary N) is 2. The van der Waals surface area contributed by atoms with E-state index in [0.29, 0.717) is 11.5 Å². The van der Waals surface area contributed by atoms with Crippen LogP contribution in [0.1, 0.15) is 51.4 Å². The molecule has 36 heavy (non-hydrogen) atoms. The van der Waals surface area contributed by atoms with E-state index in [2.05, 4.69) is 15.3 Å². The number of benzene rings is 2. The zero-order valence-electron chi connectivity index (χ0n) is 20.1. The van der Waals surface area contributed by atoms with Gasteiger partial charge in [0.05, 0.1) is 20.1 Å². The van der Waals surface area contributed by atoms with E-state index in [1.165, 1.54) is 6.92 Å². The number of aromatic nitrogens is 2. The van der Waals surface area contributed by atoms with Gasteiger partial charge in [-0.05, 0) is 35.4 Å². The van der Waals surface area contributed by atoms with E-state index in [9.17, 15) is 19.2 Å². The molecule has 0 fully saturated rings. The zero-order chi connectivity index (χ0) is 26.2. The smallest absolute Gasteiger partial charge is 0.308 e. The minimum absolute atomic E-state index is 0.0227. The van der Waals surface area contributed by atoms with Crippen LogP contribution in [0, 0.1) is 5.92 Å². The van der Waals surface area contributed by atoms with Crippen molar-refractivity contribution >= 4 is 17.7 Å². The third-order valence-corrected chi connectivity index (χ3v) is 5.73. The van der Waals surface area contributed by atoms with Crippen molar-refractivity contribution in [3.8, 4) is 11.5 Å². The summed E-state index contributed by atoms with van der Waals surface area (Å²) in [6.45, 7) is 1.30. The predicted molar refractivity (Wildman–Crippen MR) is 131 cm³/mol. The lowest BCUT2D eigenvalue weighted by Crippen LogP contribution is -2.34. The molecule has 3 rings (SSSR count). The highest BCUT2D eigenvalue weighted by atomic mass is 16.5. The largest absolute Gasteiger partial charge is 0.497 e. The Morgan fingerprint density at radius 3 is 1.94 bits per heavy atom. The lowest BCUT2D eigenvalue weighted by molar-refractivity contribution is -0.140. The van der Waals surface area contributed by atoms with Crippen molar-refractivity contribution in [2.75, 3.05) is 20.8 Å². The summed E-state index contributed by atoms with van der Waals surface area (Å²) < 4.78 is 10.4. The molecule has 0 bridgehead atoms. The fourth-order valence-electron chi connectivity index (χ4n) is 3.52. The fourth-order valence-corrected chi connectivity index (χ4v) is 3.52. The number of aliphatic carboxylic acids is 1.